The highest BCUT2D eigenvalue weighted by molar-refractivity contribution is 6.45. The van der Waals surface area contributed by atoms with Gasteiger partial charge in [-0.05, 0) is 81.6 Å². The van der Waals surface area contributed by atoms with E-state index in [0.29, 0.717) is 23.9 Å². The number of rotatable bonds is 9. The third kappa shape index (κ3) is 5.99. The van der Waals surface area contributed by atoms with Crippen LogP contribution in [0.25, 0.3) is 22.4 Å². The molecule has 0 aliphatic carbocycles. The molecule has 3 aromatic rings. The zero-order chi connectivity index (χ0) is 28.3. The number of hydrogen-bond acceptors (Lipinski definition) is 9. The zero-order valence-electron chi connectivity index (χ0n) is 24.4. The number of anilines is 1. The number of methoxy groups -OCH3 is 1. The van der Waals surface area contributed by atoms with Crippen LogP contribution in [0.15, 0.2) is 42.7 Å². The van der Waals surface area contributed by atoms with E-state index in [1.807, 2.05) is 48.2 Å². The summed E-state index contributed by atoms with van der Waals surface area (Å²) in [5.41, 5.74) is 3.60. The lowest BCUT2D eigenvalue weighted by molar-refractivity contribution is -0.0394. The number of piperidine rings is 2. The van der Waals surface area contributed by atoms with Crippen LogP contribution < -0.4 is 9.64 Å². The lowest BCUT2D eigenvalue weighted by Gasteiger charge is -2.51. The van der Waals surface area contributed by atoms with Crippen molar-refractivity contribution in [2.24, 2.45) is 0 Å². The van der Waals surface area contributed by atoms with Gasteiger partial charge in [-0.3, -0.25) is 0 Å². The van der Waals surface area contributed by atoms with Gasteiger partial charge in [0.15, 0.2) is 12.6 Å². The second-order valence-corrected chi connectivity index (χ2v) is 11.6. The summed E-state index contributed by atoms with van der Waals surface area (Å²) in [5.74, 6) is 1.54. The van der Waals surface area contributed by atoms with Gasteiger partial charge in [-0.2, -0.15) is 5.10 Å². The maximum atomic E-state index is 10.3. The Morgan fingerprint density at radius 1 is 1.05 bits per heavy atom. The van der Waals surface area contributed by atoms with Gasteiger partial charge in [-0.25, -0.2) is 4.68 Å². The Kier molecular flexibility index (Phi) is 8.57. The fourth-order valence-electron chi connectivity index (χ4n) is 6.89. The third-order valence-corrected chi connectivity index (χ3v) is 8.97. The molecule has 3 aliphatic heterocycles. The fraction of sp³-hybridized carbons (Fsp3) is 0.567. The van der Waals surface area contributed by atoms with Crippen molar-refractivity contribution >= 4 is 12.9 Å². The smallest absolute Gasteiger partial charge is 0.376 e. The first-order chi connectivity index (χ1) is 20.0. The van der Waals surface area contributed by atoms with Crippen LogP contribution in [-0.4, -0.2) is 82.5 Å². The van der Waals surface area contributed by atoms with Gasteiger partial charge in [0.05, 0.1) is 11.9 Å². The fourth-order valence-corrected chi connectivity index (χ4v) is 6.89. The number of fused-ring (bicyclic) bond motifs is 2. The Hall–Kier alpha value is -2.99. The van der Waals surface area contributed by atoms with E-state index in [0.717, 1.165) is 79.8 Å². The minimum absolute atomic E-state index is 0.00158. The minimum atomic E-state index is -0.390. The van der Waals surface area contributed by atoms with Gasteiger partial charge >= 0.3 is 7.05 Å². The molecule has 3 saturated heterocycles. The van der Waals surface area contributed by atoms with Gasteiger partial charge in [0, 0.05) is 56.2 Å². The molecule has 3 unspecified atom stereocenters. The van der Waals surface area contributed by atoms with Crippen LogP contribution in [0.1, 0.15) is 57.6 Å². The second kappa shape index (κ2) is 12.5. The van der Waals surface area contributed by atoms with E-state index in [-0.39, 0.29) is 13.0 Å². The molecule has 2 bridgehead atoms. The van der Waals surface area contributed by atoms with Crippen molar-refractivity contribution in [2.75, 3.05) is 32.5 Å². The molecule has 6 rings (SSSR count). The van der Waals surface area contributed by atoms with Crippen molar-refractivity contribution in [3.8, 4) is 28.1 Å². The lowest BCUT2D eigenvalue weighted by Crippen LogP contribution is -2.60. The van der Waals surface area contributed by atoms with Crippen molar-refractivity contribution in [2.45, 2.75) is 82.5 Å². The van der Waals surface area contributed by atoms with Gasteiger partial charge in [0.25, 0.3) is 0 Å². The highest BCUT2D eigenvalue weighted by Crippen LogP contribution is 2.38. The van der Waals surface area contributed by atoms with Crippen molar-refractivity contribution in [3.05, 3.63) is 42.7 Å². The molecule has 41 heavy (non-hydrogen) atoms. The summed E-state index contributed by atoms with van der Waals surface area (Å²) in [6, 6.07) is 11.4. The summed E-state index contributed by atoms with van der Waals surface area (Å²) in [7, 11) is 3.34. The van der Waals surface area contributed by atoms with E-state index in [1.54, 1.807) is 7.11 Å². The summed E-state index contributed by atoms with van der Waals surface area (Å²) >= 11 is 0. The SMILES string of the molecule is COCOc1cc(-c2cnn(C3CCCCO3)c2)ccc1-c1ccc(N(C)C2CC3CCCC(C2)N3B(C)O)nn1. The van der Waals surface area contributed by atoms with Crippen molar-refractivity contribution in [1.29, 1.82) is 0 Å². The Bertz CT molecular complexity index is 1280. The van der Waals surface area contributed by atoms with E-state index < -0.39 is 7.05 Å². The van der Waals surface area contributed by atoms with Gasteiger partial charge in [0.2, 0.25) is 0 Å². The highest BCUT2D eigenvalue weighted by atomic mass is 16.7. The third-order valence-electron chi connectivity index (χ3n) is 8.97. The Morgan fingerprint density at radius 3 is 2.56 bits per heavy atom. The summed E-state index contributed by atoms with van der Waals surface area (Å²) in [4.78, 5) is 4.59. The molecular formula is C30H41BN6O4. The first-order valence-electron chi connectivity index (χ1n) is 15.0. The first kappa shape index (κ1) is 28.1. The Labute approximate surface area is 242 Å². The van der Waals surface area contributed by atoms with Crippen molar-refractivity contribution in [3.63, 3.8) is 0 Å². The van der Waals surface area contributed by atoms with Crippen molar-refractivity contribution in [1.82, 2.24) is 24.8 Å². The average Bonchev–Trinajstić information content (AvgIpc) is 3.50. The highest BCUT2D eigenvalue weighted by Gasteiger charge is 2.42. The molecule has 0 spiro atoms. The van der Waals surface area contributed by atoms with Crippen LogP contribution >= 0.6 is 0 Å². The van der Waals surface area contributed by atoms with Crippen LogP contribution in [0.5, 0.6) is 5.75 Å². The van der Waals surface area contributed by atoms with Gasteiger partial charge in [-0.1, -0.05) is 12.5 Å². The Balaban J connectivity index is 1.19. The molecule has 0 saturated carbocycles. The van der Waals surface area contributed by atoms with E-state index in [4.69, 9.17) is 14.2 Å². The second-order valence-electron chi connectivity index (χ2n) is 11.6. The van der Waals surface area contributed by atoms with Crippen LogP contribution in [0.3, 0.4) is 0 Å². The standard InChI is InChI=1S/C30H41BN6O4/c1-31(38)37-23-7-6-8-24(37)17-25(16-23)35(2)29-13-12-27(33-34-29)26-11-10-21(15-28(26)41-20-39-3)22-18-32-36(19-22)30-9-4-5-14-40-30/h10-13,15,18-19,23-25,30,38H,4-9,14,16-17,20H2,1-3H3. The number of benzene rings is 1. The average molecular weight is 561 g/mol. The first-order valence-corrected chi connectivity index (χ1v) is 15.0. The monoisotopic (exact) mass is 560 g/mol. The molecule has 3 fully saturated rings. The molecule has 10 nitrogen and oxygen atoms in total. The topological polar surface area (TPSA) is 98.0 Å². The van der Waals surface area contributed by atoms with Gasteiger partial charge in [-0.15, -0.1) is 10.2 Å². The van der Waals surface area contributed by atoms with E-state index in [9.17, 15) is 5.02 Å². The molecule has 1 N–H and O–H groups in total. The lowest BCUT2D eigenvalue weighted by atomic mass is 9.71. The molecule has 3 atom stereocenters. The summed E-state index contributed by atoms with van der Waals surface area (Å²) < 4.78 is 19.0. The molecule has 11 heteroatoms. The van der Waals surface area contributed by atoms with E-state index in [2.05, 4.69) is 38.1 Å². The van der Waals surface area contributed by atoms with Gasteiger partial charge in [0.1, 0.15) is 12.0 Å². The molecular weight excluding hydrogens is 519 g/mol. The molecule has 2 aromatic heterocycles. The predicted molar refractivity (Wildman–Crippen MR) is 159 cm³/mol. The normalized spacial score (nSPS) is 24.7. The van der Waals surface area contributed by atoms with Gasteiger partial charge < -0.3 is 28.9 Å². The largest absolute Gasteiger partial charge is 0.467 e. The quantitative estimate of drug-likeness (QED) is 0.297. The number of hydrogen-bond donors (Lipinski definition) is 1. The molecule has 3 aliphatic rings. The molecule has 1 aromatic carbocycles. The summed E-state index contributed by atoms with van der Waals surface area (Å²) in [6.45, 7) is 2.81. The molecule has 0 amide bonds. The summed E-state index contributed by atoms with van der Waals surface area (Å²) in [5, 5.41) is 24.2. The maximum Gasteiger partial charge on any atom is 0.376 e. The van der Waals surface area contributed by atoms with E-state index in [1.165, 1.54) is 6.42 Å². The van der Waals surface area contributed by atoms with Crippen LogP contribution in [0.4, 0.5) is 5.82 Å². The van der Waals surface area contributed by atoms with E-state index >= 15 is 0 Å². The number of ether oxygens (including phenoxy) is 3. The number of nitrogens with zero attached hydrogens (tertiary/aromatic N) is 6. The van der Waals surface area contributed by atoms with Crippen LogP contribution in [0, 0.1) is 0 Å². The zero-order valence-corrected chi connectivity index (χ0v) is 24.4. The van der Waals surface area contributed by atoms with Crippen molar-refractivity contribution < 1.29 is 19.2 Å². The molecule has 5 heterocycles. The number of aromatic nitrogens is 4. The molecule has 218 valence electrons. The maximum absolute atomic E-state index is 10.3. The van der Waals surface area contributed by atoms with Crippen LogP contribution in [0.2, 0.25) is 6.82 Å². The predicted octanol–water partition coefficient (Wildman–Crippen LogP) is 4.62. The minimum Gasteiger partial charge on any atom is -0.467 e. The Morgan fingerprint density at radius 2 is 1.88 bits per heavy atom. The molecule has 0 radical (unpaired) electrons. The van der Waals surface area contributed by atoms with Crippen LogP contribution in [-0.2, 0) is 9.47 Å². The summed E-state index contributed by atoms with van der Waals surface area (Å²) in [6.07, 6.45) is 12.7.